The van der Waals surface area contributed by atoms with Gasteiger partial charge in [-0.25, -0.2) is 9.97 Å². The maximum atomic E-state index is 9.38. The van der Waals surface area contributed by atoms with Gasteiger partial charge in [-0.2, -0.15) is 0 Å². The first-order valence-corrected chi connectivity index (χ1v) is 7.37. The molecule has 2 aromatic rings. The summed E-state index contributed by atoms with van der Waals surface area (Å²) in [4.78, 5) is 9.14. The lowest BCUT2D eigenvalue weighted by Crippen LogP contribution is -2.39. The molecular formula is C16H20N4O. The van der Waals surface area contributed by atoms with Crippen molar-refractivity contribution in [3.05, 3.63) is 36.4 Å². The maximum absolute atomic E-state index is 9.38. The van der Waals surface area contributed by atoms with Crippen LogP contribution in [0.2, 0.25) is 0 Å². The summed E-state index contributed by atoms with van der Waals surface area (Å²) in [5.41, 5.74) is 0.994. The average Bonchev–Trinajstić information content (AvgIpc) is 2.47. The van der Waals surface area contributed by atoms with Crippen LogP contribution in [0, 0.1) is 0 Å². The molecule has 21 heavy (non-hydrogen) atoms. The van der Waals surface area contributed by atoms with E-state index in [1.54, 1.807) is 0 Å². The zero-order chi connectivity index (χ0) is 14.7. The van der Waals surface area contributed by atoms with Crippen molar-refractivity contribution in [2.75, 3.05) is 17.2 Å². The maximum Gasteiger partial charge on any atom is 0.163 e. The molecule has 0 spiro atoms. The molecule has 5 heteroatoms. The lowest BCUT2D eigenvalue weighted by molar-refractivity contribution is 0.0835. The van der Waals surface area contributed by atoms with Crippen LogP contribution in [0.1, 0.15) is 19.8 Å². The molecule has 1 aromatic heterocycles. The largest absolute Gasteiger partial charge is 0.393 e. The van der Waals surface area contributed by atoms with E-state index in [0.717, 1.165) is 36.6 Å². The summed E-state index contributed by atoms with van der Waals surface area (Å²) in [5, 5.41) is 16.0. The average molecular weight is 284 g/mol. The van der Waals surface area contributed by atoms with Crippen LogP contribution < -0.4 is 10.6 Å². The van der Waals surface area contributed by atoms with E-state index in [-0.39, 0.29) is 6.10 Å². The van der Waals surface area contributed by atoms with Gasteiger partial charge in [0.25, 0.3) is 0 Å². The van der Waals surface area contributed by atoms with E-state index in [4.69, 9.17) is 0 Å². The van der Waals surface area contributed by atoms with Gasteiger partial charge in [0.05, 0.1) is 6.10 Å². The minimum absolute atomic E-state index is 0.175. The molecule has 0 unspecified atom stereocenters. The van der Waals surface area contributed by atoms with E-state index in [9.17, 15) is 5.11 Å². The third-order valence-electron chi connectivity index (χ3n) is 3.58. The molecule has 1 fully saturated rings. The third kappa shape index (κ3) is 3.31. The van der Waals surface area contributed by atoms with Gasteiger partial charge in [0.1, 0.15) is 11.6 Å². The van der Waals surface area contributed by atoms with Gasteiger partial charge < -0.3 is 15.7 Å². The highest BCUT2D eigenvalue weighted by Gasteiger charge is 2.27. The second kappa shape index (κ2) is 6.10. The number of nitrogens with one attached hydrogen (secondary N) is 2. The minimum Gasteiger partial charge on any atom is -0.393 e. The van der Waals surface area contributed by atoms with Crippen molar-refractivity contribution < 1.29 is 5.11 Å². The fraction of sp³-hybridized carbons (Fsp3) is 0.375. The molecule has 3 rings (SSSR count). The Hall–Kier alpha value is -2.14. The van der Waals surface area contributed by atoms with Gasteiger partial charge in [0, 0.05) is 24.2 Å². The van der Waals surface area contributed by atoms with Crippen LogP contribution in [0.15, 0.2) is 36.4 Å². The van der Waals surface area contributed by atoms with Gasteiger partial charge in [-0.05, 0) is 19.8 Å². The number of anilines is 2. The molecular weight excluding hydrogens is 264 g/mol. The predicted octanol–water partition coefficient (Wildman–Crippen LogP) is 2.51. The quantitative estimate of drug-likeness (QED) is 0.787. The Morgan fingerprint density at radius 2 is 1.86 bits per heavy atom. The van der Waals surface area contributed by atoms with Crippen LogP contribution in [0.25, 0.3) is 11.4 Å². The summed E-state index contributed by atoms with van der Waals surface area (Å²) >= 11 is 0. The van der Waals surface area contributed by atoms with Crippen LogP contribution in [-0.2, 0) is 0 Å². The van der Waals surface area contributed by atoms with Crippen molar-refractivity contribution >= 4 is 11.6 Å². The standard InChI is InChI=1S/C16H20N4O/c1-2-17-14-10-15(18-12-8-13(21)9-12)20-16(19-14)11-6-4-3-5-7-11/h3-7,10,12-13,21H,2,8-9H2,1H3,(H2,17,18,19,20). The van der Waals surface area contributed by atoms with E-state index < -0.39 is 0 Å². The minimum atomic E-state index is -0.175. The van der Waals surface area contributed by atoms with Gasteiger partial charge >= 0.3 is 0 Å². The summed E-state index contributed by atoms with van der Waals surface area (Å²) in [5.74, 6) is 2.32. The third-order valence-corrected chi connectivity index (χ3v) is 3.58. The van der Waals surface area contributed by atoms with Crippen molar-refractivity contribution in [3.8, 4) is 11.4 Å². The normalized spacial score (nSPS) is 20.7. The van der Waals surface area contributed by atoms with Crippen molar-refractivity contribution in [1.82, 2.24) is 9.97 Å². The lowest BCUT2D eigenvalue weighted by atomic mass is 9.89. The Bertz CT molecular complexity index is 596. The van der Waals surface area contributed by atoms with Gasteiger partial charge in [-0.15, -0.1) is 0 Å². The highest BCUT2D eigenvalue weighted by atomic mass is 16.3. The molecule has 1 aromatic carbocycles. The molecule has 110 valence electrons. The van der Waals surface area contributed by atoms with Crippen LogP contribution in [0.3, 0.4) is 0 Å². The molecule has 3 N–H and O–H groups in total. The molecule has 1 saturated carbocycles. The Morgan fingerprint density at radius 3 is 2.52 bits per heavy atom. The summed E-state index contributed by atoms with van der Waals surface area (Å²) in [6.07, 6.45) is 1.38. The second-order valence-electron chi connectivity index (χ2n) is 5.32. The summed E-state index contributed by atoms with van der Waals surface area (Å²) in [6, 6.07) is 12.2. The predicted molar refractivity (Wildman–Crippen MR) is 84.3 cm³/mol. The Labute approximate surface area is 124 Å². The molecule has 1 heterocycles. The van der Waals surface area contributed by atoms with Crippen LogP contribution in [0.5, 0.6) is 0 Å². The second-order valence-corrected chi connectivity index (χ2v) is 5.32. The zero-order valence-electron chi connectivity index (χ0n) is 12.1. The molecule has 0 amide bonds. The van der Waals surface area contributed by atoms with E-state index >= 15 is 0 Å². The molecule has 0 radical (unpaired) electrons. The van der Waals surface area contributed by atoms with E-state index in [1.165, 1.54) is 0 Å². The molecule has 0 atom stereocenters. The summed E-state index contributed by atoms with van der Waals surface area (Å²) < 4.78 is 0. The number of aliphatic hydroxyl groups excluding tert-OH is 1. The van der Waals surface area contributed by atoms with Gasteiger partial charge in [0.2, 0.25) is 0 Å². The topological polar surface area (TPSA) is 70.1 Å². The van der Waals surface area contributed by atoms with Crippen molar-refractivity contribution in [1.29, 1.82) is 0 Å². The van der Waals surface area contributed by atoms with Gasteiger partial charge in [-0.3, -0.25) is 0 Å². The van der Waals surface area contributed by atoms with Crippen molar-refractivity contribution in [3.63, 3.8) is 0 Å². The fourth-order valence-corrected chi connectivity index (χ4v) is 2.42. The van der Waals surface area contributed by atoms with E-state index in [2.05, 4.69) is 20.6 Å². The first-order chi connectivity index (χ1) is 10.2. The molecule has 0 aliphatic heterocycles. The summed E-state index contributed by atoms with van der Waals surface area (Å²) in [6.45, 7) is 2.85. The molecule has 0 bridgehead atoms. The molecule has 0 saturated heterocycles. The van der Waals surface area contributed by atoms with Gasteiger partial charge in [-0.1, -0.05) is 30.3 Å². The van der Waals surface area contributed by atoms with Crippen LogP contribution >= 0.6 is 0 Å². The van der Waals surface area contributed by atoms with E-state index in [1.807, 2.05) is 43.3 Å². The first kappa shape index (κ1) is 13.8. The summed E-state index contributed by atoms with van der Waals surface area (Å²) in [7, 11) is 0. The number of nitrogens with zero attached hydrogens (tertiary/aromatic N) is 2. The Kier molecular flexibility index (Phi) is 4.01. The fourth-order valence-electron chi connectivity index (χ4n) is 2.42. The number of hydrogen-bond acceptors (Lipinski definition) is 5. The molecule has 1 aliphatic rings. The smallest absolute Gasteiger partial charge is 0.163 e. The SMILES string of the molecule is CCNc1cc(NC2CC(O)C2)nc(-c2ccccc2)n1. The highest BCUT2D eigenvalue weighted by molar-refractivity contribution is 5.61. The lowest BCUT2D eigenvalue weighted by Gasteiger charge is -2.32. The number of hydrogen-bond donors (Lipinski definition) is 3. The molecule has 5 nitrogen and oxygen atoms in total. The van der Waals surface area contributed by atoms with Crippen molar-refractivity contribution in [2.24, 2.45) is 0 Å². The van der Waals surface area contributed by atoms with E-state index in [0.29, 0.717) is 11.9 Å². The Balaban J connectivity index is 1.87. The van der Waals surface area contributed by atoms with Crippen LogP contribution in [0.4, 0.5) is 11.6 Å². The number of benzene rings is 1. The Morgan fingerprint density at radius 1 is 1.14 bits per heavy atom. The molecule has 1 aliphatic carbocycles. The highest BCUT2D eigenvalue weighted by Crippen LogP contribution is 2.26. The number of rotatable bonds is 5. The first-order valence-electron chi connectivity index (χ1n) is 7.37. The van der Waals surface area contributed by atoms with Crippen LogP contribution in [-0.4, -0.2) is 33.8 Å². The monoisotopic (exact) mass is 284 g/mol. The number of aliphatic hydroxyl groups is 1. The number of aromatic nitrogens is 2. The zero-order valence-corrected chi connectivity index (χ0v) is 12.1. The van der Waals surface area contributed by atoms with Crippen molar-refractivity contribution in [2.45, 2.75) is 31.9 Å². The van der Waals surface area contributed by atoms with Gasteiger partial charge in [0.15, 0.2) is 5.82 Å².